The number of aliphatic hydroxyl groups excluding tert-OH is 3. The number of alkyl halides is 1. The van der Waals surface area contributed by atoms with Crippen LogP contribution in [0.1, 0.15) is 32.9 Å². The molecular weight excluding hydrogens is 847 g/mol. The molecule has 1 aliphatic rings. The number of rotatable bonds is 22. The minimum atomic E-state index is -5.92. The first-order chi connectivity index (χ1) is 25.4. The van der Waals surface area contributed by atoms with Crippen LogP contribution >= 0.6 is 46.8 Å². The summed E-state index contributed by atoms with van der Waals surface area (Å²) in [5, 5.41) is 35.1. The van der Waals surface area contributed by atoms with Crippen molar-refractivity contribution in [1.29, 1.82) is 0 Å². The van der Waals surface area contributed by atoms with Gasteiger partial charge in [-0.3, -0.25) is 28.1 Å². The molecule has 0 bridgehead atoms. The second-order valence-corrected chi connectivity index (χ2v) is 17.7. The van der Waals surface area contributed by atoms with Gasteiger partial charge >= 0.3 is 0 Å². The van der Waals surface area contributed by atoms with Gasteiger partial charge in [0.1, 0.15) is 36.3 Å². The number of nitrogens with two attached hydrogens (primary N) is 1. The topological polar surface area (TPSA) is 395 Å². The highest BCUT2D eigenvalue weighted by Gasteiger charge is 2.47. The van der Waals surface area contributed by atoms with Gasteiger partial charge in [0.05, 0.1) is 33.5 Å². The molecule has 2 aromatic rings. The lowest BCUT2D eigenvalue weighted by molar-refractivity contribution is -0.347. The summed E-state index contributed by atoms with van der Waals surface area (Å²) in [4.78, 5) is 95.4. The van der Waals surface area contributed by atoms with Crippen LogP contribution in [-0.2, 0) is 50.7 Å². The third-order valence-corrected chi connectivity index (χ3v) is 11.6. The third-order valence-electron chi connectivity index (χ3n) is 7.32. The molecule has 0 aliphatic carbocycles. The highest BCUT2D eigenvalue weighted by molar-refractivity contribution is 8.13. The van der Waals surface area contributed by atoms with Crippen molar-refractivity contribution in [3.63, 3.8) is 0 Å². The summed E-state index contributed by atoms with van der Waals surface area (Å²) in [6.45, 7) is -0.104. The number of aromatic nitrogens is 4. The molecule has 2 aromatic heterocycles. The van der Waals surface area contributed by atoms with Crippen LogP contribution in [-0.4, -0.2) is 120 Å². The van der Waals surface area contributed by atoms with E-state index in [9.17, 15) is 63.0 Å². The SMILES string of the molecule is CC(C)(COP(=O)([O-])OP(=O)([O-])OC[C@H]1O[C@@H](n2cnc3c(N)ncnc32)[C@H](O)[C@@H]1OP(=O)([O-])[O-])[C@@H](O)C(=O)NCCC(=O)NCCSC(=O)C[C@H](O)CCl. The zero-order chi connectivity index (χ0) is 41.4. The number of hydrogen-bond donors (Lipinski definition) is 6. The van der Waals surface area contributed by atoms with E-state index in [0.717, 1.165) is 29.0 Å². The lowest BCUT2D eigenvalue weighted by Crippen LogP contribution is -2.46. The number of phosphoric ester groups is 3. The number of hydrogen-bond acceptors (Lipinski definition) is 23. The predicted octanol–water partition coefficient (Wildman–Crippen LogP) is -3.87. The molecule has 55 heavy (non-hydrogen) atoms. The highest BCUT2D eigenvalue weighted by atomic mass is 35.5. The van der Waals surface area contributed by atoms with E-state index in [-0.39, 0.29) is 59.7 Å². The molecule has 0 saturated carbocycles. The number of phosphoric acid groups is 3. The maximum Gasteiger partial charge on any atom is 0.274 e. The molecule has 0 radical (unpaired) electrons. The first kappa shape index (κ1) is 47.2. The normalized spacial score (nSPS) is 22.4. The maximum atomic E-state index is 12.5. The van der Waals surface area contributed by atoms with Crippen molar-refractivity contribution >= 4 is 80.7 Å². The number of fused-ring (bicyclic) bond motifs is 1. The van der Waals surface area contributed by atoms with Crippen molar-refractivity contribution in [1.82, 2.24) is 30.2 Å². The highest BCUT2D eigenvalue weighted by Crippen LogP contribution is 2.56. The molecule has 3 rings (SSSR count). The van der Waals surface area contributed by atoms with E-state index < -0.39 is 90.7 Å². The Kier molecular flexibility index (Phi) is 17.1. The number of halogens is 1. The number of imidazole rings is 1. The fourth-order valence-electron chi connectivity index (χ4n) is 4.58. The predicted molar refractivity (Wildman–Crippen MR) is 180 cm³/mol. The second-order valence-electron chi connectivity index (χ2n) is 12.2. The number of carbonyl (C=O) groups is 3. The van der Waals surface area contributed by atoms with Crippen molar-refractivity contribution in [2.45, 2.75) is 63.4 Å². The van der Waals surface area contributed by atoms with Crippen LogP contribution in [0.15, 0.2) is 12.7 Å². The van der Waals surface area contributed by atoms with Gasteiger partial charge in [-0.15, -0.1) is 11.6 Å². The zero-order valence-corrected chi connectivity index (χ0v) is 33.0. The second kappa shape index (κ2) is 20.0. The number of anilines is 1. The monoisotopic (exact) mass is 883 g/mol. The Morgan fingerprint density at radius 2 is 1.76 bits per heavy atom. The first-order valence-corrected chi connectivity index (χ1v) is 21.6. The van der Waals surface area contributed by atoms with Gasteiger partial charge < -0.3 is 74.1 Å². The number of thioether (sulfide) groups is 1. The average Bonchev–Trinajstić information content (AvgIpc) is 3.64. The van der Waals surface area contributed by atoms with Crippen molar-refractivity contribution in [2.24, 2.45) is 5.41 Å². The standard InChI is InChI=1S/C25H41ClN7O18P3S/c1-25(2,20(38)23(39)29-4-3-15(35)28-5-6-55-16(36)7-13(34)8-26)10-48-54(45,46)51-53(43,44)47-9-14-19(50-52(40,41)42)18(37)24(49-14)33-12-32-17-21(27)30-11-31-22(17)33/h11-14,18-20,24,34,37-38H,3-10H2,1-2H3,(H,28,35)(H,29,39)(H,43,44)(H,45,46)(H2,27,30,31)(H2,40,41,42)/p-4/t13-,14+,18+,19+,20-,24+/m0/s1. The zero-order valence-electron chi connectivity index (χ0n) is 28.7. The molecule has 2 amide bonds. The van der Waals surface area contributed by atoms with Gasteiger partial charge in [-0.2, -0.15) is 0 Å². The lowest BCUT2D eigenvalue weighted by Gasteiger charge is -2.36. The molecule has 0 aromatic carbocycles. The molecule has 0 spiro atoms. The van der Waals surface area contributed by atoms with Crippen LogP contribution in [0.2, 0.25) is 0 Å². The molecular formula is C25H37ClN7O18P3S-4. The van der Waals surface area contributed by atoms with E-state index in [1.54, 1.807) is 0 Å². The minimum absolute atomic E-state index is 0.0284. The Morgan fingerprint density at radius 1 is 1.09 bits per heavy atom. The fourth-order valence-corrected chi connectivity index (χ4v) is 8.17. The minimum Gasteiger partial charge on any atom is -0.790 e. The summed E-state index contributed by atoms with van der Waals surface area (Å²) in [6, 6.07) is 0. The first-order valence-electron chi connectivity index (χ1n) is 15.7. The van der Waals surface area contributed by atoms with E-state index in [1.807, 2.05) is 0 Å². The number of amides is 2. The Balaban J connectivity index is 1.49. The third kappa shape index (κ3) is 14.6. The molecule has 25 nitrogen and oxygen atoms in total. The van der Waals surface area contributed by atoms with Gasteiger partial charge in [-0.25, -0.2) is 19.3 Å². The number of nitrogens with zero attached hydrogens (tertiary/aromatic N) is 4. The van der Waals surface area contributed by atoms with Crippen molar-refractivity contribution in [3.05, 3.63) is 12.7 Å². The molecule has 7 N–H and O–H groups in total. The molecule has 8 atom stereocenters. The van der Waals surface area contributed by atoms with Gasteiger partial charge in [-0.05, 0) is 0 Å². The number of aliphatic hydroxyl groups is 3. The molecule has 312 valence electrons. The van der Waals surface area contributed by atoms with Crippen molar-refractivity contribution < 1.29 is 85.6 Å². The molecule has 1 aliphatic heterocycles. The van der Waals surface area contributed by atoms with E-state index in [2.05, 4.69) is 43.5 Å². The molecule has 1 saturated heterocycles. The summed E-state index contributed by atoms with van der Waals surface area (Å²) in [6.07, 6.45) is -8.82. The quantitative estimate of drug-likeness (QED) is 0.0374. The average molecular weight is 884 g/mol. The van der Waals surface area contributed by atoms with Crippen LogP contribution in [0.4, 0.5) is 5.82 Å². The summed E-state index contributed by atoms with van der Waals surface area (Å²) in [5.41, 5.74) is 4.02. The van der Waals surface area contributed by atoms with Crippen LogP contribution in [0.3, 0.4) is 0 Å². The largest absolute Gasteiger partial charge is 0.790 e. The van der Waals surface area contributed by atoms with Crippen LogP contribution in [0.5, 0.6) is 0 Å². The van der Waals surface area contributed by atoms with Crippen LogP contribution < -0.4 is 35.9 Å². The summed E-state index contributed by atoms with van der Waals surface area (Å²) in [5.74, 6) is -1.53. The van der Waals surface area contributed by atoms with Crippen LogP contribution in [0, 0.1) is 5.41 Å². The molecule has 2 unspecified atom stereocenters. The van der Waals surface area contributed by atoms with Crippen molar-refractivity contribution in [3.8, 4) is 0 Å². The van der Waals surface area contributed by atoms with Crippen molar-refractivity contribution in [2.75, 3.05) is 43.7 Å². The van der Waals surface area contributed by atoms with E-state index in [4.69, 9.17) is 22.1 Å². The number of nitrogen functional groups attached to an aromatic ring is 1. The Hall–Kier alpha value is -2.19. The van der Waals surface area contributed by atoms with E-state index in [0.29, 0.717) is 0 Å². The number of ether oxygens (including phenoxy) is 1. The Bertz CT molecular complexity index is 1810. The van der Waals surface area contributed by atoms with Gasteiger partial charge in [0.25, 0.3) is 15.6 Å². The Morgan fingerprint density at radius 3 is 2.42 bits per heavy atom. The maximum absolute atomic E-state index is 12.5. The smallest absolute Gasteiger partial charge is 0.274 e. The fraction of sp³-hybridized carbons (Fsp3) is 0.680. The number of carbonyl (C=O) groups excluding carboxylic acids is 3. The number of nitrogens with one attached hydrogen (secondary N) is 2. The van der Waals surface area contributed by atoms with Gasteiger partial charge in [0, 0.05) is 43.0 Å². The van der Waals surface area contributed by atoms with Crippen LogP contribution in [0.25, 0.3) is 11.2 Å². The van der Waals surface area contributed by atoms with Gasteiger partial charge in [0.15, 0.2) is 22.8 Å². The summed E-state index contributed by atoms with van der Waals surface area (Å²) in [7, 11) is -17.6. The molecule has 3 heterocycles. The van der Waals surface area contributed by atoms with E-state index in [1.165, 1.54) is 13.8 Å². The molecule has 1 fully saturated rings. The Labute approximate surface area is 321 Å². The van der Waals surface area contributed by atoms with Gasteiger partial charge in [-0.1, -0.05) is 25.6 Å². The summed E-state index contributed by atoms with van der Waals surface area (Å²) >= 11 is 6.32. The molecule has 30 heteroatoms. The van der Waals surface area contributed by atoms with Gasteiger partial charge in [0.2, 0.25) is 11.8 Å². The van der Waals surface area contributed by atoms with E-state index >= 15 is 0 Å². The summed E-state index contributed by atoms with van der Waals surface area (Å²) < 4.78 is 60.3. The lowest BCUT2D eigenvalue weighted by atomic mass is 9.87.